The molecule has 1 atom stereocenters. The number of para-hydroxylation sites is 1. The van der Waals surface area contributed by atoms with Crippen LogP contribution in [0.1, 0.15) is 18.1 Å². The molecule has 2 rings (SSSR count). The predicted octanol–water partition coefficient (Wildman–Crippen LogP) is 2.10. The maximum absolute atomic E-state index is 12.1. The van der Waals surface area contributed by atoms with Gasteiger partial charge in [-0.25, -0.2) is 0 Å². The number of ether oxygens (including phenoxy) is 2. The van der Waals surface area contributed by atoms with Crippen molar-refractivity contribution in [2.24, 2.45) is 0 Å². The first kappa shape index (κ1) is 20.2. The summed E-state index contributed by atoms with van der Waals surface area (Å²) in [4.78, 5) is 35.8. The van der Waals surface area contributed by atoms with Gasteiger partial charge in [0.15, 0.2) is 12.4 Å². The van der Waals surface area contributed by atoms with Gasteiger partial charge in [-0.3, -0.25) is 14.4 Å². The molecule has 0 heterocycles. The van der Waals surface area contributed by atoms with Gasteiger partial charge in [0.2, 0.25) is 0 Å². The van der Waals surface area contributed by atoms with E-state index in [1.807, 2.05) is 30.3 Å². The summed E-state index contributed by atoms with van der Waals surface area (Å²) in [6, 6.07) is 15.8. The van der Waals surface area contributed by atoms with Crippen molar-refractivity contribution in [3.8, 4) is 5.75 Å². The lowest BCUT2D eigenvalue weighted by molar-refractivity contribution is -0.148. The van der Waals surface area contributed by atoms with Crippen LogP contribution in [0.15, 0.2) is 54.6 Å². The van der Waals surface area contributed by atoms with Gasteiger partial charge in [-0.15, -0.1) is 0 Å². The summed E-state index contributed by atoms with van der Waals surface area (Å²) in [5, 5.41) is 2.62. The average molecular weight is 369 g/mol. The first-order chi connectivity index (χ1) is 13.0. The molecule has 0 fully saturated rings. The molecule has 0 aromatic heterocycles. The fourth-order valence-corrected chi connectivity index (χ4v) is 2.58. The summed E-state index contributed by atoms with van der Waals surface area (Å²) in [5.41, 5.74) is 1.61. The second kappa shape index (κ2) is 10.1. The molecule has 0 saturated carbocycles. The van der Waals surface area contributed by atoms with E-state index in [-0.39, 0.29) is 12.2 Å². The summed E-state index contributed by atoms with van der Waals surface area (Å²) in [6.07, 6.45) is 0.383. The number of ketones is 1. The van der Waals surface area contributed by atoms with Crippen molar-refractivity contribution in [2.45, 2.75) is 25.8 Å². The van der Waals surface area contributed by atoms with Crippen molar-refractivity contribution in [3.05, 3.63) is 65.7 Å². The molecule has 6 heteroatoms. The van der Waals surface area contributed by atoms with Crippen LogP contribution < -0.4 is 10.1 Å². The summed E-state index contributed by atoms with van der Waals surface area (Å²) < 4.78 is 10.2. The van der Waals surface area contributed by atoms with Crippen molar-refractivity contribution in [2.75, 3.05) is 13.7 Å². The molecular formula is C21H23NO5. The minimum Gasteiger partial charge on any atom is -0.496 e. The second-order valence-corrected chi connectivity index (χ2v) is 6.07. The lowest BCUT2D eigenvalue weighted by Crippen LogP contribution is -2.43. The number of esters is 1. The summed E-state index contributed by atoms with van der Waals surface area (Å²) in [7, 11) is 1.52. The van der Waals surface area contributed by atoms with E-state index in [0.29, 0.717) is 17.7 Å². The Hall–Kier alpha value is -3.15. The monoisotopic (exact) mass is 369 g/mol. The number of hydrogen-bond donors (Lipinski definition) is 1. The first-order valence-corrected chi connectivity index (χ1v) is 8.61. The van der Waals surface area contributed by atoms with E-state index in [9.17, 15) is 14.4 Å². The number of nitrogens with one attached hydrogen (secondary N) is 1. The molecule has 2 aromatic carbocycles. The maximum atomic E-state index is 12.1. The highest BCUT2D eigenvalue weighted by Crippen LogP contribution is 2.18. The van der Waals surface area contributed by atoms with Gasteiger partial charge < -0.3 is 14.8 Å². The molecule has 0 saturated heterocycles. The van der Waals surface area contributed by atoms with Gasteiger partial charge in [-0.1, -0.05) is 48.5 Å². The molecule has 0 aliphatic rings. The highest BCUT2D eigenvalue weighted by Gasteiger charge is 2.19. The largest absolute Gasteiger partial charge is 0.496 e. The van der Waals surface area contributed by atoms with Crippen LogP contribution in [-0.2, 0) is 32.0 Å². The fraction of sp³-hybridized carbons (Fsp3) is 0.286. The van der Waals surface area contributed by atoms with E-state index in [1.165, 1.54) is 14.0 Å². The third-order valence-corrected chi connectivity index (χ3v) is 4.00. The Labute approximate surface area is 158 Å². The van der Waals surface area contributed by atoms with Crippen molar-refractivity contribution < 1.29 is 23.9 Å². The van der Waals surface area contributed by atoms with Gasteiger partial charge in [0, 0.05) is 5.56 Å². The topological polar surface area (TPSA) is 81.7 Å². The van der Waals surface area contributed by atoms with Crippen LogP contribution in [0.2, 0.25) is 0 Å². The predicted molar refractivity (Wildman–Crippen MR) is 100 cm³/mol. The molecule has 2 aromatic rings. The number of amides is 1. The van der Waals surface area contributed by atoms with Gasteiger partial charge in [-0.05, 0) is 25.0 Å². The van der Waals surface area contributed by atoms with Gasteiger partial charge in [0.1, 0.15) is 5.75 Å². The molecule has 0 aliphatic heterocycles. The SMILES string of the molecule is COc1ccccc1CC(=O)OCC(=O)N[C@H](Cc1ccccc1)C(C)=O. The molecule has 1 amide bonds. The molecule has 142 valence electrons. The lowest BCUT2D eigenvalue weighted by Gasteiger charge is -2.16. The Morgan fingerprint density at radius 2 is 1.67 bits per heavy atom. The Balaban J connectivity index is 1.84. The van der Waals surface area contributed by atoms with Crippen LogP contribution >= 0.6 is 0 Å². The number of methoxy groups -OCH3 is 1. The van der Waals surface area contributed by atoms with Crippen LogP contribution in [0.5, 0.6) is 5.75 Å². The van der Waals surface area contributed by atoms with E-state index in [1.54, 1.807) is 24.3 Å². The number of hydrogen-bond acceptors (Lipinski definition) is 5. The van der Waals surface area contributed by atoms with E-state index >= 15 is 0 Å². The normalized spacial score (nSPS) is 11.3. The van der Waals surface area contributed by atoms with Gasteiger partial charge in [0.05, 0.1) is 19.6 Å². The molecule has 27 heavy (non-hydrogen) atoms. The van der Waals surface area contributed by atoms with Crippen molar-refractivity contribution in [1.82, 2.24) is 5.32 Å². The highest BCUT2D eigenvalue weighted by molar-refractivity contribution is 5.89. The number of rotatable bonds is 9. The maximum Gasteiger partial charge on any atom is 0.310 e. The van der Waals surface area contributed by atoms with Crippen LogP contribution in [0.25, 0.3) is 0 Å². The quantitative estimate of drug-likeness (QED) is 0.685. The van der Waals surface area contributed by atoms with Crippen LogP contribution in [0, 0.1) is 0 Å². The molecule has 0 aliphatic carbocycles. The summed E-state index contributed by atoms with van der Waals surface area (Å²) in [5.74, 6) is -0.637. The smallest absolute Gasteiger partial charge is 0.310 e. The Bertz CT molecular complexity index is 788. The first-order valence-electron chi connectivity index (χ1n) is 8.61. The highest BCUT2D eigenvalue weighted by atomic mass is 16.5. The van der Waals surface area contributed by atoms with E-state index in [4.69, 9.17) is 9.47 Å². The number of Topliss-reactive ketones (excluding diaryl/α,β-unsaturated/α-hetero) is 1. The minimum absolute atomic E-state index is 0.00253. The zero-order chi connectivity index (χ0) is 19.6. The van der Waals surface area contributed by atoms with E-state index in [0.717, 1.165) is 5.56 Å². The van der Waals surface area contributed by atoms with E-state index < -0.39 is 24.5 Å². The molecular weight excluding hydrogens is 346 g/mol. The molecule has 0 bridgehead atoms. The second-order valence-electron chi connectivity index (χ2n) is 6.07. The molecule has 0 spiro atoms. The molecule has 1 N–H and O–H groups in total. The van der Waals surface area contributed by atoms with Gasteiger partial charge >= 0.3 is 5.97 Å². The molecule has 6 nitrogen and oxygen atoms in total. The fourth-order valence-electron chi connectivity index (χ4n) is 2.58. The van der Waals surface area contributed by atoms with Crippen LogP contribution in [0.4, 0.5) is 0 Å². The van der Waals surface area contributed by atoms with Crippen molar-refractivity contribution >= 4 is 17.7 Å². The molecule has 0 radical (unpaired) electrons. The summed E-state index contributed by atoms with van der Waals surface area (Å²) in [6.45, 7) is 0.980. The lowest BCUT2D eigenvalue weighted by atomic mass is 10.0. The third kappa shape index (κ3) is 6.58. The zero-order valence-corrected chi connectivity index (χ0v) is 15.4. The minimum atomic E-state index is -0.659. The number of carbonyl (C=O) groups is 3. The Kier molecular flexibility index (Phi) is 7.55. The summed E-state index contributed by atoms with van der Waals surface area (Å²) >= 11 is 0. The van der Waals surface area contributed by atoms with Crippen LogP contribution in [-0.4, -0.2) is 37.4 Å². The Morgan fingerprint density at radius 1 is 1.00 bits per heavy atom. The number of carbonyl (C=O) groups excluding carboxylic acids is 3. The number of benzene rings is 2. The van der Waals surface area contributed by atoms with Gasteiger partial charge in [0.25, 0.3) is 5.91 Å². The van der Waals surface area contributed by atoms with Crippen molar-refractivity contribution in [3.63, 3.8) is 0 Å². The molecule has 0 unspecified atom stereocenters. The van der Waals surface area contributed by atoms with Gasteiger partial charge in [-0.2, -0.15) is 0 Å². The Morgan fingerprint density at radius 3 is 2.33 bits per heavy atom. The van der Waals surface area contributed by atoms with Crippen LogP contribution in [0.3, 0.4) is 0 Å². The zero-order valence-electron chi connectivity index (χ0n) is 15.4. The van der Waals surface area contributed by atoms with Crippen molar-refractivity contribution in [1.29, 1.82) is 0 Å². The average Bonchev–Trinajstić information content (AvgIpc) is 2.67. The third-order valence-electron chi connectivity index (χ3n) is 4.00. The van der Waals surface area contributed by atoms with E-state index in [2.05, 4.69) is 5.32 Å². The standard InChI is InChI=1S/C21H23NO5/c1-15(23)18(12-16-8-4-3-5-9-16)22-20(24)14-27-21(25)13-17-10-6-7-11-19(17)26-2/h3-11,18H,12-14H2,1-2H3,(H,22,24)/t18-/m1/s1.